The maximum absolute atomic E-state index is 12.5. The summed E-state index contributed by atoms with van der Waals surface area (Å²) in [6.45, 7) is 1.09. The summed E-state index contributed by atoms with van der Waals surface area (Å²) in [7, 11) is 0. The molecule has 2 heterocycles. The summed E-state index contributed by atoms with van der Waals surface area (Å²) in [6, 6.07) is 0. The molecule has 0 spiro atoms. The number of ether oxygens (including phenoxy) is 6. The van der Waals surface area contributed by atoms with Crippen molar-refractivity contribution in [3.8, 4) is 0 Å². The molecule has 0 N–H and O–H groups in total. The third-order valence-corrected chi connectivity index (χ3v) is 11.4. The maximum Gasteiger partial charge on any atom is 0.317 e. The van der Waals surface area contributed by atoms with E-state index in [0.717, 1.165) is 51.4 Å². The van der Waals surface area contributed by atoms with Crippen LogP contribution in [0, 0.1) is 47.3 Å². The average Bonchev–Trinajstić information content (AvgIpc) is 3.53. The lowest BCUT2D eigenvalue weighted by Crippen LogP contribution is -2.33. The first-order valence-electron chi connectivity index (χ1n) is 17.3. The SMILES string of the molecule is O=C(OCCOC1CCC(C2CCC(OCCOC(=O)C3CCC4C(=O)OC(=O)C4C3)CC2)CC1)C1CCC2C(=O)OC(=O)C2C1. The van der Waals surface area contributed by atoms with Crippen LogP contribution in [-0.2, 0) is 57.2 Å². The van der Waals surface area contributed by atoms with Crippen molar-refractivity contribution in [3.63, 3.8) is 0 Å². The molecule has 0 radical (unpaired) electrons. The first kappa shape index (κ1) is 33.1. The van der Waals surface area contributed by atoms with Gasteiger partial charge in [0.1, 0.15) is 13.2 Å². The molecule has 2 aliphatic heterocycles. The Balaban J connectivity index is 0.787. The number of fused-ring (bicyclic) bond motifs is 2. The number of esters is 6. The smallest absolute Gasteiger partial charge is 0.317 e. The second-order valence-corrected chi connectivity index (χ2v) is 14.1. The summed E-state index contributed by atoms with van der Waals surface area (Å²) >= 11 is 0. The molecule has 254 valence electrons. The van der Waals surface area contributed by atoms with Gasteiger partial charge >= 0.3 is 35.8 Å². The van der Waals surface area contributed by atoms with Crippen molar-refractivity contribution in [2.45, 2.75) is 102 Å². The van der Waals surface area contributed by atoms with Crippen LogP contribution >= 0.6 is 0 Å². The molecule has 0 amide bonds. The van der Waals surface area contributed by atoms with Crippen LogP contribution in [0.15, 0.2) is 0 Å². The van der Waals surface area contributed by atoms with Crippen molar-refractivity contribution in [2.75, 3.05) is 26.4 Å². The van der Waals surface area contributed by atoms with Crippen LogP contribution in [0.4, 0.5) is 0 Å². The first-order chi connectivity index (χ1) is 22.3. The van der Waals surface area contributed by atoms with Crippen LogP contribution in [0.2, 0.25) is 0 Å². The summed E-state index contributed by atoms with van der Waals surface area (Å²) < 4.78 is 32.4. The summed E-state index contributed by atoms with van der Waals surface area (Å²) in [4.78, 5) is 72.1. The van der Waals surface area contributed by atoms with E-state index < -0.39 is 47.5 Å². The van der Waals surface area contributed by atoms with Crippen LogP contribution in [0.1, 0.15) is 89.9 Å². The van der Waals surface area contributed by atoms with Crippen LogP contribution in [-0.4, -0.2) is 74.5 Å². The number of hydrogen-bond donors (Lipinski definition) is 0. The summed E-state index contributed by atoms with van der Waals surface area (Å²) in [6.07, 6.45) is 11.5. The van der Waals surface area contributed by atoms with Crippen molar-refractivity contribution in [1.82, 2.24) is 0 Å². The predicted octanol–water partition coefficient (Wildman–Crippen LogP) is 3.46. The van der Waals surface area contributed by atoms with Gasteiger partial charge in [-0.15, -0.1) is 0 Å². The molecule has 0 aromatic rings. The highest BCUT2D eigenvalue weighted by Gasteiger charge is 2.50. The Morgan fingerprint density at radius 2 is 0.848 bits per heavy atom. The zero-order chi connectivity index (χ0) is 32.2. The number of cyclic esters (lactones) is 4. The molecule has 12 nitrogen and oxygen atoms in total. The minimum Gasteiger partial charge on any atom is -0.463 e. The molecular formula is C34H46O12. The average molecular weight is 647 g/mol. The lowest BCUT2D eigenvalue weighted by Gasteiger charge is -2.37. The van der Waals surface area contributed by atoms with Gasteiger partial charge in [0, 0.05) is 0 Å². The molecule has 6 rings (SSSR count). The number of hydrogen-bond acceptors (Lipinski definition) is 12. The van der Waals surface area contributed by atoms with Gasteiger partial charge in [-0.1, -0.05) is 0 Å². The van der Waals surface area contributed by atoms with E-state index in [0.29, 0.717) is 63.6 Å². The second-order valence-electron chi connectivity index (χ2n) is 14.1. The fraction of sp³-hybridized carbons (Fsp3) is 0.824. The second kappa shape index (κ2) is 14.9. The van der Waals surface area contributed by atoms with Crippen molar-refractivity contribution in [1.29, 1.82) is 0 Å². The third kappa shape index (κ3) is 7.64. The van der Waals surface area contributed by atoms with Gasteiger partial charge in [0.2, 0.25) is 0 Å². The van der Waals surface area contributed by atoms with Crippen molar-refractivity contribution < 1.29 is 57.2 Å². The molecule has 46 heavy (non-hydrogen) atoms. The molecular weight excluding hydrogens is 600 g/mol. The van der Waals surface area contributed by atoms with E-state index in [1.165, 1.54) is 0 Å². The fourth-order valence-corrected chi connectivity index (χ4v) is 8.76. The molecule has 6 aliphatic rings. The highest BCUT2D eigenvalue weighted by Crippen LogP contribution is 2.42. The van der Waals surface area contributed by atoms with Crippen molar-refractivity contribution >= 4 is 35.8 Å². The standard InChI is InChI=1S/C34H46O12/c35-29(21-5-11-25-27(17-21)33(39)45-31(25)37)43-15-13-41-23-7-1-19(2-8-23)20-3-9-24(10-4-20)42-14-16-44-30(36)22-6-12-26-28(18-22)34(40)46-32(26)38/h19-28H,1-18H2. The largest absolute Gasteiger partial charge is 0.463 e. The monoisotopic (exact) mass is 646 g/mol. The Morgan fingerprint density at radius 1 is 0.478 bits per heavy atom. The van der Waals surface area contributed by atoms with Crippen molar-refractivity contribution in [3.05, 3.63) is 0 Å². The number of rotatable bonds is 11. The summed E-state index contributed by atoms with van der Waals surface area (Å²) in [5, 5.41) is 0. The highest BCUT2D eigenvalue weighted by atomic mass is 16.6. The van der Waals surface area contributed by atoms with Gasteiger partial charge in [-0.25, -0.2) is 0 Å². The molecule has 0 aromatic heterocycles. The van der Waals surface area contributed by atoms with Crippen LogP contribution in [0.3, 0.4) is 0 Å². The summed E-state index contributed by atoms with van der Waals surface area (Å²) in [5.74, 6) is -3.82. The van der Waals surface area contributed by atoms with E-state index in [-0.39, 0.29) is 49.2 Å². The molecule has 6 unspecified atom stereocenters. The lowest BCUT2D eigenvalue weighted by molar-refractivity contribution is -0.156. The van der Waals surface area contributed by atoms with Gasteiger partial charge in [-0.05, 0) is 102 Å². The molecule has 6 fully saturated rings. The van der Waals surface area contributed by atoms with E-state index in [4.69, 9.17) is 28.4 Å². The van der Waals surface area contributed by atoms with Crippen LogP contribution in [0.25, 0.3) is 0 Å². The fourth-order valence-electron chi connectivity index (χ4n) is 8.76. The van der Waals surface area contributed by atoms with E-state index in [1.54, 1.807) is 0 Å². The molecule has 6 atom stereocenters. The first-order valence-corrected chi connectivity index (χ1v) is 17.3. The Morgan fingerprint density at radius 3 is 1.24 bits per heavy atom. The molecule has 0 bridgehead atoms. The molecule has 4 saturated carbocycles. The van der Waals surface area contributed by atoms with E-state index in [1.807, 2.05) is 0 Å². The Hall–Kier alpha value is -2.86. The van der Waals surface area contributed by atoms with Crippen molar-refractivity contribution in [2.24, 2.45) is 47.3 Å². The molecule has 2 saturated heterocycles. The quantitative estimate of drug-likeness (QED) is 0.140. The number of carbonyl (C=O) groups is 6. The Bertz CT molecular complexity index is 1080. The third-order valence-electron chi connectivity index (χ3n) is 11.4. The minimum absolute atomic E-state index is 0.177. The van der Waals surface area contributed by atoms with Gasteiger partial charge in [0.15, 0.2) is 0 Å². The molecule has 4 aliphatic carbocycles. The van der Waals surface area contributed by atoms with Gasteiger partial charge in [0.05, 0.1) is 60.9 Å². The number of carbonyl (C=O) groups excluding carboxylic acids is 6. The van der Waals surface area contributed by atoms with E-state index in [2.05, 4.69) is 0 Å². The van der Waals surface area contributed by atoms with Gasteiger partial charge < -0.3 is 28.4 Å². The van der Waals surface area contributed by atoms with E-state index >= 15 is 0 Å². The van der Waals surface area contributed by atoms with E-state index in [9.17, 15) is 28.8 Å². The van der Waals surface area contributed by atoms with Gasteiger partial charge in [0.25, 0.3) is 0 Å². The van der Waals surface area contributed by atoms with Crippen LogP contribution < -0.4 is 0 Å². The minimum atomic E-state index is -0.515. The predicted molar refractivity (Wildman–Crippen MR) is 156 cm³/mol. The maximum atomic E-state index is 12.5. The van der Waals surface area contributed by atoms with Gasteiger partial charge in [-0.2, -0.15) is 0 Å². The zero-order valence-electron chi connectivity index (χ0n) is 26.4. The lowest BCUT2D eigenvalue weighted by atomic mass is 9.72. The summed E-state index contributed by atoms with van der Waals surface area (Å²) in [5.41, 5.74) is 0. The zero-order valence-corrected chi connectivity index (χ0v) is 26.4. The normalized spacial score (nSPS) is 37.6. The Kier molecular flexibility index (Phi) is 10.7. The Labute approximate surface area is 268 Å². The van der Waals surface area contributed by atoms with Gasteiger partial charge in [-0.3, -0.25) is 28.8 Å². The molecule has 0 aromatic carbocycles. The topological polar surface area (TPSA) is 158 Å². The van der Waals surface area contributed by atoms with Crippen LogP contribution in [0.5, 0.6) is 0 Å². The molecule has 12 heteroatoms. The highest BCUT2D eigenvalue weighted by molar-refractivity contribution is 5.97.